The number of carbonyl (C=O) groups excluding carboxylic acids is 1. The van der Waals surface area contributed by atoms with Gasteiger partial charge in [0.05, 0.1) is 36.6 Å². The smallest absolute Gasteiger partial charge is 0.228 e. The second-order valence-electron chi connectivity index (χ2n) is 5.36. The highest BCUT2D eigenvalue weighted by Gasteiger charge is 2.08. The number of hydrogen-bond donors (Lipinski definition) is 1. The van der Waals surface area contributed by atoms with Crippen molar-refractivity contribution < 1.29 is 9.53 Å². The van der Waals surface area contributed by atoms with Crippen LogP contribution in [0.15, 0.2) is 60.9 Å². The van der Waals surface area contributed by atoms with Gasteiger partial charge < -0.3 is 10.1 Å². The molecule has 25 heavy (non-hydrogen) atoms. The molecule has 0 spiro atoms. The van der Waals surface area contributed by atoms with Crippen molar-refractivity contribution in [3.63, 3.8) is 0 Å². The van der Waals surface area contributed by atoms with Crippen LogP contribution in [0.25, 0.3) is 11.4 Å². The summed E-state index contributed by atoms with van der Waals surface area (Å²) >= 11 is 6.07. The van der Waals surface area contributed by atoms with Crippen LogP contribution in [0.5, 0.6) is 5.75 Å². The summed E-state index contributed by atoms with van der Waals surface area (Å²) < 4.78 is 5.10. The van der Waals surface area contributed by atoms with E-state index < -0.39 is 0 Å². The molecule has 5 nitrogen and oxygen atoms in total. The maximum Gasteiger partial charge on any atom is 0.228 e. The Morgan fingerprint density at radius 2 is 1.84 bits per heavy atom. The molecule has 1 N–H and O–H groups in total. The first-order valence-corrected chi connectivity index (χ1v) is 8.03. The zero-order chi connectivity index (χ0) is 17.6. The average Bonchev–Trinajstić information content (AvgIpc) is 2.63. The number of rotatable bonds is 5. The molecule has 126 valence electrons. The normalized spacial score (nSPS) is 10.3. The Hall–Kier alpha value is -2.92. The molecule has 6 heteroatoms. The van der Waals surface area contributed by atoms with Crippen molar-refractivity contribution in [1.29, 1.82) is 0 Å². The summed E-state index contributed by atoms with van der Waals surface area (Å²) in [4.78, 5) is 20.7. The van der Waals surface area contributed by atoms with Crippen molar-refractivity contribution in [2.45, 2.75) is 6.42 Å². The highest BCUT2D eigenvalue weighted by atomic mass is 35.5. The van der Waals surface area contributed by atoms with Crippen molar-refractivity contribution in [1.82, 2.24) is 9.97 Å². The van der Waals surface area contributed by atoms with Gasteiger partial charge in [-0.3, -0.25) is 4.79 Å². The van der Waals surface area contributed by atoms with Gasteiger partial charge in [-0.05, 0) is 17.7 Å². The number of anilines is 1. The second-order valence-corrected chi connectivity index (χ2v) is 5.76. The van der Waals surface area contributed by atoms with Crippen molar-refractivity contribution >= 4 is 23.2 Å². The van der Waals surface area contributed by atoms with Crippen LogP contribution in [-0.2, 0) is 11.2 Å². The number of halogens is 1. The van der Waals surface area contributed by atoms with E-state index in [2.05, 4.69) is 15.3 Å². The number of methoxy groups -OCH3 is 1. The lowest BCUT2D eigenvalue weighted by molar-refractivity contribution is -0.115. The third kappa shape index (κ3) is 4.33. The molecule has 1 heterocycles. The first-order chi connectivity index (χ1) is 12.2. The summed E-state index contributed by atoms with van der Waals surface area (Å²) in [7, 11) is 1.55. The predicted molar refractivity (Wildman–Crippen MR) is 97.8 cm³/mol. The van der Waals surface area contributed by atoms with Gasteiger partial charge in [0.25, 0.3) is 0 Å². The molecule has 0 radical (unpaired) electrons. The first kappa shape index (κ1) is 16.9. The highest BCUT2D eigenvalue weighted by Crippen LogP contribution is 2.25. The molecular weight excluding hydrogens is 338 g/mol. The Morgan fingerprint density at radius 1 is 1.12 bits per heavy atom. The Balaban J connectivity index is 1.64. The molecule has 0 aliphatic carbocycles. The molecular formula is C19H16ClN3O2. The van der Waals surface area contributed by atoms with Gasteiger partial charge in [0.2, 0.25) is 5.91 Å². The van der Waals surface area contributed by atoms with E-state index in [1.54, 1.807) is 37.7 Å². The lowest BCUT2D eigenvalue weighted by Gasteiger charge is -2.07. The predicted octanol–water partition coefficient (Wildman–Crippen LogP) is 3.99. The van der Waals surface area contributed by atoms with Crippen molar-refractivity contribution in [2.75, 3.05) is 12.4 Å². The zero-order valence-electron chi connectivity index (χ0n) is 13.6. The summed E-state index contributed by atoms with van der Waals surface area (Å²) in [6.45, 7) is 0. The zero-order valence-corrected chi connectivity index (χ0v) is 14.3. The average molecular weight is 354 g/mol. The number of aromatic nitrogens is 2. The molecule has 3 rings (SSSR count). The van der Waals surface area contributed by atoms with Crippen LogP contribution in [0.2, 0.25) is 5.02 Å². The number of benzene rings is 2. The van der Waals surface area contributed by atoms with Crippen molar-refractivity contribution in [3.05, 3.63) is 71.5 Å². The quantitative estimate of drug-likeness (QED) is 0.753. The molecule has 1 amide bonds. The van der Waals surface area contributed by atoms with Crippen LogP contribution in [0.1, 0.15) is 5.56 Å². The Bertz CT molecular complexity index is 868. The van der Waals surface area contributed by atoms with Crippen LogP contribution in [0.3, 0.4) is 0 Å². The molecule has 3 aromatic rings. The summed E-state index contributed by atoms with van der Waals surface area (Å²) in [5, 5.41) is 3.25. The monoisotopic (exact) mass is 353 g/mol. The molecule has 0 fully saturated rings. The van der Waals surface area contributed by atoms with Crippen LogP contribution >= 0.6 is 11.6 Å². The molecule has 0 saturated heterocycles. The summed E-state index contributed by atoms with van der Waals surface area (Å²) in [6.07, 6.45) is 3.38. The van der Waals surface area contributed by atoms with Gasteiger partial charge >= 0.3 is 0 Å². The van der Waals surface area contributed by atoms with Gasteiger partial charge in [0.1, 0.15) is 5.75 Å². The third-order valence-corrected chi connectivity index (χ3v) is 3.84. The molecule has 0 atom stereocenters. The molecule has 2 aromatic carbocycles. The molecule has 0 aliphatic rings. The SMILES string of the molecule is COc1ccc(CC(=O)Nc2cnc(-c3ccccc3)nc2)cc1Cl. The number of carbonyl (C=O) groups is 1. The fraction of sp³-hybridized carbons (Fsp3) is 0.105. The number of nitrogens with zero attached hydrogens (tertiary/aromatic N) is 2. The van der Waals surface area contributed by atoms with E-state index in [0.717, 1.165) is 11.1 Å². The van der Waals surface area contributed by atoms with Gasteiger partial charge in [0, 0.05) is 5.56 Å². The topological polar surface area (TPSA) is 64.1 Å². The minimum absolute atomic E-state index is 0.169. The minimum Gasteiger partial charge on any atom is -0.495 e. The van der Waals surface area contributed by atoms with Gasteiger partial charge in [-0.15, -0.1) is 0 Å². The van der Waals surface area contributed by atoms with E-state index in [1.807, 2.05) is 30.3 Å². The minimum atomic E-state index is -0.169. The van der Waals surface area contributed by atoms with E-state index in [0.29, 0.717) is 22.3 Å². The largest absolute Gasteiger partial charge is 0.495 e. The van der Waals surface area contributed by atoms with Crippen molar-refractivity contribution in [2.24, 2.45) is 0 Å². The van der Waals surface area contributed by atoms with E-state index in [9.17, 15) is 4.79 Å². The lowest BCUT2D eigenvalue weighted by atomic mass is 10.1. The molecule has 0 saturated carbocycles. The van der Waals surface area contributed by atoms with Crippen LogP contribution in [-0.4, -0.2) is 23.0 Å². The third-order valence-electron chi connectivity index (χ3n) is 3.55. The Morgan fingerprint density at radius 3 is 2.48 bits per heavy atom. The van der Waals surface area contributed by atoms with Gasteiger partial charge in [-0.2, -0.15) is 0 Å². The van der Waals surface area contributed by atoms with Gasteiger partial charge in [-0.1, -0.05) is 48.0 Å². The number of hydrogen-bond acceptors (Lipinski definition) is 4. The van der Waals surface area contributed by atoms with Crippen molar-refractivity contribution in [3.8, 4) is 17.1 Å². The van der Waals surface area contributed by atoms with E-state index >= 15 is 0 Å². The molecule has 0 bridgehead atoms. The van der Waals surface area contributed by atoms with Crippen LogP contribution in [0, 0.1) is 0 Å². The maximum atomic E-state index is 12.2. The van der Waals surface area contributed by atoms with E-state index in [4.69, 9.17) is 16.3 Å². The summed E-state index contributed by atoms with van der Waals surface area (Å²) in [6, 6.07) is 14.9. The first-order valence-electron chi connectivity index (χ1n) is 7.65. The van der Waals surface area contributed by atoms with E-state index in [-0.39, 0.29) is 12.3 Å². The molecule has 1 aromatic heterocycles. The summed E-state index contributed by atoms with van der Waals surface area (Å²) in [5.74, 6) is 1.02. The fourth-order valence-electron chi connectivity index (χ4n) is 2.34. The van der Waals surface area contributed by atoms with Crippen LogP contribution < -0.4 is 10.1 Å². The highest BCUT2D eigenvalue weighted by molar-refractivity contribution is 6.32. The van der Waals surface area contributed by atoms with Gasteiger partial charge in [0.15, 0.2) is 5.82 Å². The van der Waals surface area contributed by atoms with Crippen LogP contribution in [0.4, 0.5) is 5.69 Å². The van der Waals surface area contributed by atoms with Gasteiger partial charge in [-0.25, -0.2) is 9.97 Å². The molecule has 0 aliphatic heterocycles. The van der Waals surface area contributed by atoms with E-state index in [1.165, 1.54) is 0 Å². The molecule has 0 unspecified atom stereocenters. The number of ether oxygens (including phenoxy) is 1. The lowest BCUT2D eigenvalue weighted by Crippen LogP contribution is -2.14. The fourth-order valence-corrected chi connectivity index (χ4v) is 2.62. The Labute approximate surface area is 150 Å². The standard InChI is InChI=1S/C19H16ClN3O2/c1-25-17-8-7-13(9-16(17)20)10-18(24)23-15-11-21-19(22-12-15)14-5-3-2-4-6-14/h2-9,11-12H,10H2,1H3,(H,23,24). The Kier molecular flexibility index (Phi) is 5.26. The summed E-state index contributed by atoms with van der Waals surface area (Å²) in [5.41, 5.74) is 2.27. The number of nitrogens with one attached hydrogen (secondary N) is 1. The number of amides is 1. The maximum absolute atomic E-state index is 12.2. The second kappa shape index (κ2) is 7.77.